The van der Waals surface area contributed by atoms with Crippen LogP contribution in [-0.4, -0.2) is 60.4 Å². The topological polar surface area (TPSA) is 139 Å². The van der Waals surface area contributed by atoms with Crippen molar-refractivity contribution >= 4 is 38.6 Å². The number of nitrogens with one attached hydrogen (secondary N) is 2. The van der Waals surface area contributed by atoms with E-state index >= 15 is 0 Å². The van der Waals surface area contributed by atoms with Gasteiger partial charge in [0.15, 0.2) is 16.6 Å². The SMILES string of the molecule is [2H]C1([2H])C(=O)[C@@]([2H])(NC(=O)[C@H](CC(C)C)NC(=O)c2cc3ccccc3o2)CCCN1S(=O)(=O)c1ccccn1. The maximum atomic E-state index is 13.4. The number of aromatic nitrogens is 1. The molecule has 4 rings (SSSR count). The lowest BCUT2D eigenvalue weighted by Gasteiger charge is -2.23. The van der Waals surface area contributed by atoms with Crippen LogP contribution in [0.4, 0.5) is 0 Å². The minimum atomic E-state index is -4.53. The lowest BCUT2D eigenvalue weighted by Crippen LogP contribution is -2.52. The Kier molecular flexibility index (Phi) is 6.86. The van der Waals surface area contributed by atoms with Gasteiger partial charge in [-0.2, -0.15) is 4.31 Å². The number of benzene rings is 1. The first-order valence-electron chi connectivity index (χ1n) is 13.4. The highest BCUT2D eigenvalue weighted by molar-refractivity contribution is 7.89. The minimum absolute atomic E-state index is 0.0272. The van der Waals surface area contributed by atoms with E-state index in [2.05, 4.69) is 15.6 Å². The molecular formula is C26H30N4O6S. The quantitative estimate of drug-likeness (QED) is 0.457. The summed E-state index contributed by atoms with van der Waals surface area (Å²) >= 11 is 0. The molecule has 0 radical (unpaired) electrons. The van der Waals surface area contributed by atoms with Crippen molar-refractivity contribution in [3.63, 3.8) is 0 Å². The van der Waals surface area contributed by atoms with Crippen molar-refractivity contribution in [2.45, 2.75) is 50.2 Å². The molecule has 1 aliphatic rings. The number of nitrogens with zero attached hydrogens (tertiary/aromatic N) is 2. The van der Waals surface area contributed by atoms with Gasteiger partial charge in [-0.05, 0) is 49.4 Å². The Bertz CT molecular complexity index is 1500. The van der Waals surface area contributed by atoms with Gasteiger partial charge in [0.05, 0.1) is 16.6 Å². The number of carbonyl (C=O) groups excluding carboxylic acids is 3. The Labute approximate surface area is 219 Å². The second kappa shape index (κ2) is 11.2. The van der Waals surface area contributed by atoms with Gasteiger partial charge in [-0.3, -0.25) is 14.4 Å². The molecule has 10 nitrogen and oxygen atoms in total. The van der Waals surface area contributed by atoms with E-state index in [9.17, 15) is 22.8 Å². The zero-order valence-corrected chi connectivity index (χ0v) is 21.2. The van der Waals surface area contributed by atoms with Crippen LogP contribution >= 0.6 is 0 Å². The molecule has 0 saturated carbocycles. The molecule has 3 heterocycles. The summed E-state index contributed by atoms with van der Waals surface area (Å²) in [5, 5.41) is 5.14. The van der Waals surface area contributed by atoms with E-state index in [0.29, 0.717) is 15.3 Å². The van der Waals surface area contributed by atoms with E-state index in [-0.39, 0.29) is 30.9 Å². The number of furan rings is 1. The van der Waals surface area contributed by atoms with E-state index in [1.807, 2.05) is 13.8 Å². The van der Waals surface area contributed by atoms with Crippen LogP contribution in [0.2, 0.25) is 0 Å². The van der Waals surface area contributed by atoms with Gasteiger partial charge in [0.25, 0.3) is 15.9 Å². The highest BCUT2D eigenvalue weighted by Gasteiger charge is 2.35. The molecule has 0 aliphatic carbocycles. The number of sulfonamides is 1. The van der Waals surface area contributed by atoms with Gasteiger partial charge >= 0.3 is 0 Å². The molecule has 0 unspecified atom stereocenters. The molecule has 2 atom stereocenters. The summed E-state index contributed by atoms with van der Waals surface area (Å²) < 4.78 is 57.8. The Morgan fingerprint density at radius 3 is 2.70 bits per heavy atom. The lowest BCUT2D eigenvalue weighted by molar-refractivity contribution is -0.129. The molecule has 2 amide bonds. The van der Waals surface area contributed by atoms with Gasteiger partial charge in [-0.1, -0.05) is 38.1 Å². The first-order valence-corrected chi connectivity index (χ1v) is 13.3. The fourth-order valence-electron chi connectivity index (χ4n) is 3.92. The van der Waals surface area contributed by atoms with Crippen LogP contribution in [0, 0.1) is 5.92 Å². The number of ketones is 1. The molecule has 0 spiro atoms. The number of fused-ring (bicyclic) bond motifs is 1. The molecule has 1 aromatic carbocycles. The number of amides is 2. The zero-order valence-electron chi connectivity index (χ0n) is 23.4. The molecule has 2 aromatic heterocycles. The molecule has 1 fully saturated rings. The number of Topliss-reactive ketones (excluding diaryl/α,β-unsaturated/α-hetero) is 1. The average Bonchev–Trinajstić information content (AvgIpc) is 3.31. The van der Waals surface area contributed by atoms with Gasteiger partial charge in [0.2, 0.25) is 5.91 Å². The Balaban J connectivity index is 1.56. The van der Waals surface area contributed by atoms with E-state index < -0.39 is 57.7 Å². The van der Waals surface area contributed by atoms with Crippen molar-refractivity contribution in [2.24, 2.45) is 5.92 Å². The molecule has 1 saturated heterocycles. The number of para-hydroxylation sites is 1. The van der Waals surface area contributed by atoms with Crippen molar-refractivity contribution in [2.75, 3.05) is 13.0 Å². The predicted molar refractivity (Wildman–Crippen MR) is 136 cm³/mol. The summed E-state index contributed by atoms with van der Waals surface area (Å²) in [5.74, 6) is -3.11. The Morgan fingerprint density at radius 1 is 1.24 bits per heavy atom. The third-order valence-corrected chi connectivity index (χ3v) is 7.36. The summed E-state index contributed by atoms with van der Waals surface area (Å²) in [6.07, 6.45) is 0.930. The lowest BCUT2D eigenvalue weighted by atomic mass is 10.0. The first-order chi connectivity index (χ1) is 18.8. The van der Waals surface area contributed by atoms with E-state index in [1.54, 1.807) is 24.3 Å². The van der Waals surface area contributed by atoms with Gasteiger partial charge in [0.1, 0.15) is 11.6 Å². The molecule has 196 valence electrons. The first kappa shape index (κ1) is 22.6. The van der Waals surface area contributed by atoms with Crippen LogP contribution in [0.1, 0.15) is 47.8 Å². The summed E-state index contributed by atoms with van der Waals surface area (Å²) in [4.78, 5) is 43.5. The summed E-state index contributed by atoms with van der Waals surface area (Å²) in [5.41, 5.74) is 0.485. The fraction of sp³-hybridized carbons (Fsp3) is 0.385. The van der Waals surface area contributed by atoms with Crippen LogP contribution in [-0.2, 0) is 19.6 Å². The summed E-state index contributed by atoms with van der Waals surface area (Å²) in [6.45, 7) is 0.0685. The van der Waals surface area contributed by atoms with Crippen LogP contribution in [0.5, 0.6) is 0 Å². The van der Waals surface area contributed by atoms with Gasteiger partial charge < -0.3 is 15.1 Å². The number of hydrogen-bond acceptors (Lipinski definition) is 7. The number of carbonyl (C=O) groups is 3. The third kappa shape index (κ3) is 6.23. The fourth-order valence-corrected chi connectivity index (χ4v) is 5.17. The van der Waals surface area contributed by atoms with Gasteiger partial charge in [-0.15, -0.1) is 0 Å². The van der Waals surface area contributed by atoms with Crippen LogP contribution in [0.15, 0.2) is 64.2 Å². The van der Waals surface area contributed by atoms with Crippen molar-refractivity contribution in [3.8, 4) is 0 Å². The highest BCUT2D eigenvalue weighted by atomic mass is 32.2. The molecule has 3 aromatic rings. The van der Waals surface area contributed by atoms with Gasteiger partial charge in [0, 0.05) is 18.1 Å². The Hall–Kier alpha value is -3.57. The molecule has 11 heteroatoms. The van der Waals surface area contributed by atoms with Crippen molar-refractivity contribution in [3.05, 3.63) is 60.5 Å². The van der Waals surface area contributed by atoms with E-state index in [1.165, 1.54) is 30.5 Å². The van der Waals surface area contributed by atoms with Crippen LogP contribution in [0.3, 0.4) is 0 Å². The second-order valence-corrected chi connectivity index (χ2v) is 10.9. The molecule has 37 heavy (non-hydrogen) atoms. The van der Waals surface area contributed by atoms with E-state index in [4.69, 9.17) is 8.53 Å². The predicted octanol–water partition coefficient (Wildman–Crippen LogP) is 2.51. The summed E-state index contributed by atoms with van der Waals surface area (Å²) in [7, 11) is -4.53. The number of rotatable bonds is 8. The normalized spacial score (nSPS) is 22.5. The van der Waals surface area contributed by atoms with Crippen molar-refractivity contribution in [1.82, 2.24) is 19.9 Å². The van der Waals surface area contributed by atoms with Crippen molar-refractivity contribution < 1.29 is 31.3 Å². The van der Waals surface area contributed by atoms with Gasteiger partial charge in [-0.25, -0.2) is 13.4 Å². The van der Waals surface area contributed by atoms with Crippen LogP contribution in [0.25, 0.3) is 11.0 Å². The smallest absolute Gasteiger partial charge is 0.287 e. The third-order valence-electron chi connectivity index (χ3n) is 5.73. The maximum absolute atomic E-state index is 13.4. The summed E-state index contributed by atoms with van der Waals surface area (Å²) in [6, 6.07) is 8.93. The minimum Gasteiger partial charge on any atom is -0.451 e. The standard InChI is InChI=1S/C26H30N4O6S/c1-17(2)14-20(29-26(33)23-15-18-8-3-4-10-22(18)36-23)25(32)28-19-9-7-13-30(16-21(19)31)37(34,35)24-11-5-6-12-27-24/h3-6,8,10-12,15,17,19-20H,7,9,13-14,16H2,1-2H3,(H,28,32)(H,29,33)/t19-,20-/m0/s1/i16D2,19D. The van der Waals surface area contributed by atoms with E-state index in [0.717, 1.165) is 0 Å². The molecule has 0 bridgehead atoms. The monoisotopic (exact) mass is 529 g/mol. The Morgan fingerprint density at radius 2 is 2.00 bits per heavy atom. The zero-order chi connectivity index (χ0) is 29.3. The maximum Gasteiger partial charge on any atom is 0.287 e. The highest BCUT2D eigenvalue weighted by Crippen LogP contribution is 2.20. The van der Waals surface area contributed by atoms with Crippen molar-refractivity contribution in [1.29, 1.82) is 0 Å². The average molecular weight is 530 g/mol. The molecular weight excluding hydrogens is 496 g/mol. The molecule has 2 N–H and O–H groups in total. The molecule has 1 aliphatic heterocycles. The largest absolute Gasteiger partial charge is 0.451 e. The second-order valence-electron chi connectivity index (χ2n) is 9.06. The number of pyridine rings is 1. The number of hydrogen-bond donors (Lipinski definition) is 2. The van der Waals surface area contributed by atoms with Crippen LogP contribution < -0.4 is 10.6 Å².